The minimum absolute atomic E-state index is 0.730. The van der Waals surface area contributed by atoms with Crippen LogP contribution in [0, 0.1) is 0 Å². The summed E-state index contributed by atoms with van der Waals surface area (Å²) >= 11 is 0. The first-order chi connectivity index (χ1) is 30.8. The standard InChI is InChI=1S/C60H36N2/c1-2-16-39(17-3-1)59-52-27-12-13-31-54(52)61-60(62-59)58-49-25-10-8-23-47(49)55(48-24-9-11-26-50(48)58)38-34-32-37(33-35-38)53-36-40-18-14-28-45-43-21-6-4-19-41(43)42-20-5-7-22-44(42)46-29-15-30-51(53)57(46)56(40)45/h1-36H. The molecule has 1 heterocycles. The van der Waals surface area contributed by atoms with Crippen molar-refractivity contribution in [1.29, 1.82) is 0 Å². The van der Waals surface area contributed by atoms with Crippen molar-refractivity contribution in [3.8, 4) is 44.9 Å². The quantitative estimate of drug-likeness (QED) is 0.131. The molecule has 2 heteroatoms. The summed E-state index contributed by atoms with van der Waals surface area (Å²) in [6.07, 6.45) is 0. The molecule has 0 aliphatic heterocycles. The van der Waals surface area contributed by atoms with Crippen LogP contribution in [0.3, 0.4) is 0 Å². The fraction of sp³-hybridized carbons (Fsp3) is 0. The number of hydrogen-bond donors (Lipinski definition) is 0. The third kappa shape index (κ3) is 5.17. The van der Waals surface area contributed by atoms with Gasteiger partial charge in [0.2, 0.25) is 0 Å². The zero-order chi connectivity index (χ0) is 40.7. The van der Waals surface area contributed by atoms with Crippen LogP contribution >= 0.6 is 0 Å². The van der Waals surface area contributed by atoms with Crippen molar-refractivity contribution in [1.82, 2.24) is 9.97 Å². The fourth-order valence-electron chi connectivity index (χ4n) is 10.3. The first-order valence-corrected chi connectivity index (χ1v) is 21.3. The summed E-state index contributed by atoms with van der Waals surface area (Å²) in [6.45, 7) is 0. The van der Waals surface area contributed by atoms with E-state index < -0.39 is 0 Å². The van der Waals surface area contributed by atoms with Gasteiger partial charge >= 0.3 is 0 Å². The Hall–Kier alpha value is -8.20. The maximum atomic E-state index is 5.38. The molecular weight excluding hydrogens is 749 g/mol. The van der Waals surface area contributed by atoms with Gasteiger partial charge in [-0.3, -0.25) is 0 Å². The first kappa shape index (κ1) is 34.6. The summed E-state index contributed by atoms with van der Waals surface area (Å²) < 4.78 is 0. The van der Waals surface area contributed by atoms with E-state index >= 15 is 0 Å². The van der Waals surface area contributed by atoms with Crippen LogP contribution in [0.1, 0.15) is 0 Å². The van der Waals surface area contributed by atoms with Gasteiger partial charge in [-0.15, -0.1) is 0 Å². The highest BCUT2D eigenvalue weighted by Gasteiger charge is 2.21. The molecule has 0 saturated carbocycles. The van der Waals surface area contributed by atoms with Crippen LogP contribution in [-0.4, -0.2) is 9.97 Å². The van der Waals surface area contributed by atoms with Crippen LogP contribution in [0.4, 0.5) is 0 Å². The van der Waals surface area contributed by atoms with E-state index in [-0.39, 0.29) is 0 Å². The summed E-state index contributed by atoms with van der Waals surface area (Å²) in [7, 11) is 0. The highest BCUT2D eigenvalue weighted by molar-refractivity contribution is 6.34. The van der Waals surface area contributed by atoms with Gasteiger partial charge < -0.3 is 0 Å². The molecule has 0 N–H and O–H groups in total. The number of hydrogen-bond acceptors (Lipinski definition) is 2. The lowest BCUT2D eigenvalue weighted by atomic mass is 9.86. The topological polar surface area (TPSA) is 25.8 Å². The highest BCUT2D eigenvalue weighted by atomic mass is 14.9. The summed E-state index contributed by atoms with van der Waals surface area (Å²) in [6, 6.07) is 79.4. The van der Waals surface area contributed by atoms with E-state index in [0.29, 0.717) is 0 Å². The number of fused-ring (bicyclic) bond motifs is 8. The summed E-state index contributed by atoms with van der Waals surface area (Å²) in [4.78, 5) is 10.6. The van der Waals surface area contributed by atoms with Crippen LogP contribution in [0.2, 0.25) is 0 Å². The van der Waals surface area contributed by atoms with Crippen molar-refractivity contribution >= 4 is 86.3 Å². The fourth-order valence-corrected chi connectivity index (χ4v) is 10.3. The van der Waals surface area contributed by atoms with Gasteiger partial charge in [-0.1, -0.05) is 206 Å². The van der Waals surface area contributed by atoms with E-state index in [1.54, 1.807) is 0 Å². The summed E-state index contributed by atoms with van der Waals surface area (Å²) in [5, 5.41) is 18.4. The lowest BCUT2D eigenvalue weighted by Crippen LogP contribution is -1.98. The van der Waals surface area contributed by atoms with E-state index in [4.69, 9.17) is 9.97 Å². The van der Waals surface area contributed by atoms with Crippen molar-refractivity contribution < 1.29 is 0 Å². The number of aromatic nitrogens is 2. The smallest absolute Gasteiger partial charge is 0.161 e. The molecule has 0 amide bonds. The van der Waals surface area contributed by atoms with Gasteiger partial charge in [0.25, 0.3) is 0 Å². The minimum atomic E-state index is 0.730. The second-order valence-electron chi connectivity index (χ2n) is 16.3. The normalized spacial score (nSPS) is 11.9. The third-order valence-corrected chi connectivity index (χ3v) is 13.0. The predicted octanol–water partition coefficient (Wildman–Crippen LogP) is 16.4. The van der Waals surface area contributed by atoms with E-state index in [1.165, 1.54) is 86.9 Å². The van der Waals surface area contributed by atoms with Crippen LogP contribution < -0.4 is 0 Å². The SMILES string of the molecule is c1ccc(-c2nc(-c3c4ccccc4c(-c4ccc(-c5cc6cccc7c8ccccc8c8ccccc8c8cccc5c8c67)cc4)c4ccccc34)nc3ccccc23)cc1. The molecule has 0 aliphatic carbocycles. The Bertz CT molecular complexity index is 3900. The van der Waals surface area contributed by atoms with Crippen LogP contribution in [-0.2, 0) is 0 Å². The lowest BCUT2D eigenvalue weighted by Gasteiger charge is -2.18. The molecule has 0 radical (unpaired) electrons. The maximum Gasteiger partial charge on any atom is 0.161 e. The molecule has 2 nitrogen and oxygen atoms in total. The summed E-state index contributed by atoms with van der Waals surface area (Å²) in [5.41, 5.74) is 8.80. The van der Waals surface area contributed by atoms with Crippen molar-refractivity contribution in [3.05, 3.63) is 218 Å². The van der Waals surface area contributed by atoms with Gasteiger partial charge in [-0.25, -0.2) is 9.97 Å². The second kappa shape index (κ2) is 13.7. The molecule has 13 rings (SSSR count). The largest absolute Gasteiger partial charge is 0.228 e. The molecule has 12 aromatic carbocycles. The van der Waals surface area contributed by atoms with Gasteiger partial charge in [0.05, 0.1) is 11.2 Å². The molecule has 1 aromatic heterocycles. The Kier molecular flexibility index (Phi) is 7.64. The molecule has 0 aliphatic rings. The van der Waals surface area contributed by atoms with Gasteiger partial charge in [-0.05, 0) is 110 Å². The van der Waals surface area contributed by atoms with Gasteiger partial charge in [0.1, 0.15) is 0 Å². The molecule has 0 unspecified atom stereocenters. The lowest BCUT2D eigenvalue weighted by molar-refractivity contribution is 1.24. The van der Waals surface area contributed by atoms with Gasteiger partial charge in [-0.2, -0.15) is 0 Å². The average molecular weight is 785 g/mol. The number of benzene rings is 11. The second-order valence-corrected chi connectivity index (χ2v) is 16.3. The zero-order valence-corrected chi connectivity index (χ0v) is 33.7. The third-order valence-electron chi connectivity index (χ3n) is 13.0. The van der Waals surface area contributed by atoms with E-state index in [1.807, 2.05) is 0 Å². The van der Waals surface area contributed by atoms with E-state index in [9.17, 15) is 0 Å². The molecule has 0 atom stereocenters. The molecule has 13 aromatic rings. The van der Waals surface area contributed by atoms with Crippen molar-refractivity contribution in [2.45, 2.75) is 0 Å². The van der Waals surface area contributed by atoms with Crippen LogP contribution in [0.25, 0.3) is 131 Å². The van der Waals surface area contributed by atoms with Crippen LogP contribution in [0.5, 0.6) is 0 Å². The molecule has 286 valence electrons. The van der Waals surface area contributed by atoms with E-state index in [2.05, 4.69) is 218 Å². The zero-order valence-electron chi connectivity index (χ0n) is 33.7. The molecule has 0 spiro atoms. The Morgan fingerprint density at radius 2 is 0.710 bits per heavy atom. The molecule has 0 saturated heterocycles. The van der Waals surface area contributed by atoms with Crippen molar-refractivity contribution in [2.24, 2.45) is 0 Å². The number of rotatable bonds is 4. The van der Waals surface area contributed by atoms with E-state index in [0.717, 1.165) is 44.3 Å². The van der Waals surface area contributed by atoms with Crippen molar-refractivity contribution in [3.63, 3.8) is 0 Å². The molecule has 0 fully saturated rings. The highest BCUT2D eigenvalue weighted by Crippen LogP contribution is 2.46. The maximum absolute atomic E-state index is 5.38. The minimum Gasteiger partial charge on any atom is -0.228 e. The molecule has 0 bridgehead atoms. The summed E-state index contributed by atoms with van der Waals surface area (Å²) in [5.74, 6) is 0.730. The average Bonchev–Trinajstić information content (AvgIpc) is 3.34. The Labute approximate surface area is 358 Å². The first-order valence-electron chi connectivity index (χ1n) is 21.3. The van der Waals surface area contributed by atoms with Crippen molar-refractivity contribution in [2.75, 3.05) is 0 Å². The van der Waals surface area contributed by atoms with Crippen LogP contribution in [0.15, 0.2) is 218 Å². The molecular formula is C60H36N2. The monoisotopic (exact) mass is 784 g/mol. The number of nitrogens with zero attached hydrogens (tertiary/aromatic N) is 2. The Morgan fingerprint density at radius 1 is 0.258 bits per heavy atom. The van der Waals surface area contributed by atoms with Gasteiger partial charge in [0.15, 0.2) is 5.82 Å². The Morgan fingerprint density at radius 3 is 1.34 bits per heavy atom. The predicted molar refractivity (Wildman–Crippen MR) is 264 cm³/mol. The van der Waals surface area contributed by atoms with Gasteiger partial charge in [0, 0.05) is 16.5 Å². The Balaban J connectivity index is 1.03. The number of para-hydroxylation sites is 1. The molecule has 62 heavy (non-hydrogen) atoms.